The minimum atomic E-state index is -0.217. The van der Waals surface area contributed by atoms with E-state index < -0.39 is 0 Å². The molecule has 1 aromatic carbocycles. The Morgan fingerprint density at radius 1 is 1.18 bits per heavy atom. The zero-order valence-electron chi connectivity index (χ0n) is 17.3. The Kier molecular flexibility index (Phi) is 9.98. The van der Waals surface area contributed by atoms with E-state index in [0.717, 1.165) is 64.6 Å². The second-order valence-corrected chi connectivity index (χ2v) is 7.70. The fraction of sp³-hybridized carbons (Fsp3) is 0.667. The molecule has 0 saturated carbocycles. The summed E-state index contributed by atoms with van der Waals surface area (Å²) in [7, 11) is 2.21. The molecule has 1 aromatic rings. The molecule has 0 radical (unpaired) electrons. The molecule has 2 heterocycles. The summed E-state index contributed by atoms with van der Waals surface area (Å²) in [5.41, 5.74) is 1.41. The molecule has 6 nitrogen and oxygen atoms in total. The van der Waals surface area contributed by atoms with Crippen molar-refractivity contribution in [2.75, 3.05) is 59.4 Å². The lowest BCUT2D eigenvalue weighted by atomic mass is 10.0. The van der Waals surface area contributed by atoms with Gasteiger partial charge in [0.1, 0.15) is 0 Å². The summed E-state index contributed by atoms with van der Waals surface area (Å²) in [5.74, 6) is 0.951. The van der Waals surface area contributed by atoms with E-state index in [-0.39, 0.29) is 30.1 Å². The van der Waals surface area contributed by atoms with E-state index in [9.17, 15) is 5.11 Å². The van der Waals surface area contributed by atoms with Gasteiger partial charge in [-0.1, -0.05) is 30.3 Å². The number of hydrogen-bond acceptors (Lipinski definition) is 4. The van der Waals surface area contributed by atoms with Gasteiger partial charge in [-0.25, -0.2) is 0 Å². The number of hydrogen-bond donors (Lipinski definition) is 2. The van der Waals surface area contributed by atoms with Crippen LogP contribution in [0.5, 0.6) is 0 Å². The summed E-state index contributed by atoms with van der Waals surface area (Å²) in [5, 5.41) is 13.2. The van der Waals surface area contributed by atoms with Gasteiger partial charge in [0, 0.05) is 58.4 Å². The van der Waals surface area contributed by atoms with E-state index >= 15 is 0 Å². The molecule has 0 aromatic heterocycles. The largest absolute Gasteiger partial charge is 0.391 e. The molecule has 0 spiro atoms. The lowest BCUT2D eigenvalue weighted by molar-refractivity contribution is 0.0894. The average Bonchev–Trinajstić information content (AvgIpc) is 3.12. The number of guanidine groups is 1. The third kappa shape index (κ3) is 6.57. The Morgan fingerprint density at radius 3 is 2.64 bits per heavy atom. The molecule has 158 valence electrons. The molecule has 2 fully saturated rings. The van der Waals surface area contributed by atoms with Gasteiger partial charge < -0.3 is 20.2 Å². The Labute approximate surface area is 187 Å². The average molecular weight is 501 g/mol. The number of aliphatic hydroxyl groups is 1. The van der Waals surface area contributed by atoms with E-state index in [0.29, 0.717) is 12.6 Å². The van der Waals surface area contributed by atoms with Crippen molar-refractivity contribution in [2.24, 2.45) is 4.99 Å². The van der Waals surface area contributed by atoms with Crippen molar-refractivity contribution in [3.63, 3.8) is 0 Å². The van der Waals surface area contributed by atoms with Gasteiger partial charge in [0.15, 0.2) is 5.96 Å². The number of aliphatic hydroxyl groups excluding tert-OH is 1. The van der Waals surface area contributed by atoms with Gasteiger partial charge in [-0.05, 0) is 32.4 Å². The van der Waals surface area contributed by atoms with Crippen LogP contribution in [-0.4, -0.2) is 91.3 Å². The number of nitrogens with zero attached hydrogens (tertiary/aromatic N) is 4. The SMILES string of the molecule is CCNC(=NCCCN1CCN(C)CC1c1ccccc1)N1CC[C@@H](O)C1.I. The fourth-order valence-electron chi connectivity index (χ4n) is 4.03. The fourth-order valence-corrected chi connectivity index (χ4v) is 4.03. The van der Waals surface area contributed by atoms with Crippen LogP contribution in [0.3, 0.4) is 0 Å². The lowest BCUT2D eigenvalue weighted by Gasteiger charge is -2.40. The van der Waals surface area contributed by atoms with Crippen LogP contribution in [-0.2, 0) is 0 Å². The number of nitrogens with one attached hydrogen (secondary N) is 1. The second kappa shape index (κ2) is 11.9. The van der Waals surface area contributed by atoms with Crippen LogP contribution in [0.25, 0.3) is 0 Å². The Bertz CT molecular complexity index is 600. The monoisotopic (exact) mass is 501 g/mol. The van der Waals surface area contributed by atoms with Crippen LogP contribution in [0.2, 0.25) is 0 Å². The molecular weight excluding hydrogens is 465 g/mol. The molecule has 7 heteroatoms. The normalized spacial score (nSPS) is 24.2. The third-order valence-corrected chi connectivity index (χ3v) is 5.54. The molecule has 1 unspecified atom stereocenters. The summed E-state index contributed by atoms with van der Waals surface area (Å²) in [4.78, 5) is 12.0. The molecule has 0 amide bonds. The van der Waals surface area contributed by atoms with E-state index in [2.05, 4.69) is 64.3 Å². The number of aliphatic imine (C=N–C) groups is 1. The van der Waals surface area contributed by atoms with Crippen molar-refractivity contribution in [3.8, 4) is 0 Å². The number of halogens is 1. The number of benzene rings is 1. The lowest BCUT2D eigenvalue weighted by Crippen LogP contribution is -2.47. The van der Waals surface area contributed by atoms with Crippen molar-refractivity contribution in [3.05, 3.63) is 35.9 Å². The molecule has 2 aliphatic rings. The Hall–Kier alpha value is -0.900. The van der Waals surface area contributed by atoms with Gasteiger partial charge in [-0.15, -0.1) is 24.0 Å². The summed E-state index contributed by atoms with van der Waals surface area (Å²) in [6.07, 6.45) is 1.67. The summed E-state index contributed by atoms with van der Waals surface area (Å²) < 4.78 is 0. The zero-order valence-corrected chi connectivity index (χ0v) is 19.6. The topological polar surface area (TPSA) is 54.3 Å². The first kappa shape index (κ1) is 23.4. The highest BCUT2D eigenvalue weighted by atomic mass is 127. The summed E-state index contributed by atoms with van der Waals surface area (Å²) in [6.45, 7) is 9.75. The van der Waals surface area contributed by atoms with E-state index in [1.54, 1.807) is 0 Å². The number of β-amino-alcohol motifs (C(OH)–C–C–N with tert-alkyl or cyclic N) is 1. The van der Waals surface area contributed by atoms with Crippen molar-refractivity contribution >= 4 is 29.9 Å². The van der Waals surface area contributed by atoms with Crippen LogP contribution in [0, 0.1) is 0 Å². The van der Waals surface area contributed by atoms with Gasteiger partial charge >= 0.3 is 0 Å². The first-order valence-corrected chi connectivity index (χ1v) is 10.4. The highest BCUT2D eigenvalue weighted by Crippen LogP contribution is 2.24. The smallest absolute Gasteiger partial charge is 0.194 e. The highest BCUT2D eigenvalue weighted by Gasteiger charge is 2.26. The standard InChI is InChI=1S/C21H35N5O.HI/c1-3-22-21(26-13-10-19(27)16-26)23-11-7-12-25-15-14-24(2)17-20(25)18-8-5-4-6-9-18;/h4-6,8-9,19-20,27H,3,7,10-17H2,1-2H3,(H,22,23);1H/t19-,20?;/m1./s1. The quantitative estimate of drug-likeness (QED) is 0.271. The van der Waals surface area contributed by atoms with E-state index in [4.69, 9.17) is 4.99 Å². The Morgan fingerprint density at radius 2 is 1.96 bits per heavy atom. The first-order chi connectivity index (χ1) is 13.2. The van der Waals surface area contributed by atoms with Gasteiger partial charge in [-0.3, -0.25) is 9.89 Å². The molecule has 2 aliphatic heterocycles. The van der Waals surface area contributed by atoms with E-state index in [1.807, 2.05) is 0 Å². The molecule has 3 rings (SSSR count). The highest BCUT2D eigenvalue weighted by molar-refractivity contribution is 14.0. The van der Waals surface area contributed by atoms with Crippen molar-refractivity contribution < 1.29 is 5.11 Å². The predicted molar refractivity (Wildman–Crippen MR) is 126 cm³/mol. The minimum absolute atomic E-state index is 0. The summed E-state index contributed by atoms with van der Waals surface area (Å²) >= 11 is 0. The summed E-state index contributed by atoms with van der Waals surface area (Å²) in [6, 6.07) is 11.3. The minimum Gasteiger partial charge on any atom is -0.391 e. The van der Waals surface area contributed by atoms with Crippen LogP contribution >= 0.6 is 24.0 Å². The Balaban J connectivity index is 0.00000280. The van der Waals surface area contributed by atoms with Gasteiger partial charge in [0.25, 0.3) is 0 Å². The molecule has 2 N–H and O–H groups in total. The molecular formula is C21H36IN5O. The maximum absolute atomic E-state index is 9.78. The second-order valence-electron chi connectivity index (χ2n) is 7.70. The molecule has 0 aliphatic carbocycles. The maximum Gasteiger partial charge on any atom is 0.194 e. The number of likely N-dealkylation sites (N-methyl/N-ethyl adjacent to an activating group) is 1. The zero-order chi connectivity index (χ0) is 19.1. The van der Waals surface area contributed by atoms with Crippen molar-refractivity contribution in [1.82, 2.24) is 20.0 Å². The number of rotatable bonds is 6. The first-order valence-electron chi connectivity index (χ1n) is 10.4. The molecule has 28 heavy (non-hydrogen) atoms. The molecule has 2 saturated heterocycles. The molecule has 2 atom stereocenters. The van der Waals surface area contributed by atoms with Crippen LogP contribution in [0.4, 0.5) is 0 Å². The van der Waals surface area contributed by atoms with Gasteiger partial charge in [0.2, 0.25) is 0 Å². The van der Waals surface area contributed by atoms with E-state index in [1.165, 1.54) is 5.56 Å². The van der Waals surface area contributed by atoms with Crippen LogP contribution < -0.4 is 5.32 Å². The maximum atomic E-state index is 9.78. The van der Waals surface area contributed by atoms with Gasteiger partial charge in [-0.2, -0.15) is 0 Å². The molecule has 0 bridgehead atoms. The van der Waals surface area contributed by atoms with Crippen LogP contribution in [0.1, 0.15) is 31.4 Å². The predicted octanol–water partition coefficient (Wildman–Crippen LogP) is 2.02. The van der Waals surface area contributed by atoms with Gasteiger partial charge in [0.05, 0.1) is 6.10 Å². The van der Waals surface area contributed by atoms with Crippen molar-refractivity contribution in [2.45, 2.75) is 31.9 Å². The number of likely N-dealkylation sites (tertiary alicyclic amines) is 1. The van der Waals surface area contributed by atoms with Crippen LogP contribution in [0.15, 0.2) is 35.3 Å². The number of piperazine rings is 1. The third-order valence-electron chi connectivity index (χ3n) is 5.54. The van der Waals surface area contributed by atoms with Crippen molar-refractivity contribution in [1.29, 1.82) is 0 Å².